The Labute approximate surface area is 342 Å². The van der Waals surface area contributed by atoms with E-state index in [1.807, 2.05) is 41.5 Å². The number of guanidine groups is 1. The van der Waals surface area contributed by atoms with Crippen LogP contribution in [0.25, 0.3) is 0 Å². The van der Waals surface area contributed by atoms with Gasteiger partial charge in [0.1, 0.15) is 42.0 Å². The number of carbonyl (C=O) groups is 3. The van der Waals surface area contributed by atoms with E-state index in [9.17, 15) is 24.5 Å². The Hall–Kier alpha value is -4.11. The van der Waals surface area contributed by atoms with Crippen molar-refractivity contribution in [2.75, 3.05) is 73.0 Å². The van der Waals surface area contributed by atoms with Crippen LogP contribution in [-0.2, 0) is 33.3 Å². The average molecular weight is 809 g/mol. The van der Waals surface area contributed by atoms with Gasteiger partial charge in [0.05, 0.1) is 69.9 Å². The molecule has 0 spiro atoms. The maximum Gasteiger partial charge on any atom is 0.408 e. The molecule has 0 bridgehead atoms. The van der Waals surface area contributed by atoms with Gasteiger partial charge in [-0.3, -0.25) is 15.1 Å². The first-order valence-corrected chi connectivity index (χ1v) is 18.9. The highest BCUT2D eigenvalue weighted by Gasteiger charge is 2.29. The summed E-state index contributed by atoms with van der Waals surface area (Å²) >= 11 is 0. The van der Waals surface area contributed by atoms with E-state index >= 15 is 0 Å². The van der Waals surface area contributed by atoms with Crippen LogP contribution in [0.1, 0.15) is 85.8 Å². The molecular formula is C35H66B3N7O12. The SMILES string of the molecule is CC.CC.CC.NCCOCCOCCOCCN.[B]C([B])([B])OC(=O)C(CCCN=C(N)N)NC(=O)OC(C)c1cc(OC)c(OCCCC=O)cc1[N+](=O)[O-]. The lowest BCUT2D eigenvalue weighted by atomic mass is 9.52. The van der Waals surface area contributed by atoms with Crippen molar-refractivity contribution >= 4 is 53.5 Å². The van der Waals surface area contributed by atoms with E-state index in [-0.39, 0.29) is 55.4 Å². The first kappa shape index (κ1) is 59.6. The van der Waals surface area contributed by atoms with E-state index in [4.69, 9.17) is 79.6 Å². The smallest absolute Gasteiger partial charge is 0.408 e. The number of ether oxygens (including phenoxy) is 7. The topological polar surface area (TPSA) is 287 Å². The Kier molecular flexibility index (Phi) is 41.9. The van der Waals surface area contributed by atoms with Crippen LogP contribution in [0.15, 0.2) is 17.1 Å². The molecule has 1 amide bonds. The predicted octanol–water partition coefficient (Wildman–Crippen LogP) is 1.86. The monoisotopic (exact) mass is 810 g/mol. The van der Waals surface area contributed by atoms with Crippen molar-refractivity contribution in [1.29, 1.82) is 0 Å². The van der Waals surface area contributed by atoms with Crippen molar-refractivity contribution in [3.63, 3.8) is 0 Å². The minimum atomic E-state index is -2.30. The van der Waals surface area contributed by atoms with Crippen LogP contribution in [0, 0.1) is 10.1 Å². The first-order chi connectivity index (χ1) is 27.2. The van der Waals surface area contributed by atoms with Gasteiger partial charge in [0.25, 0.3) is 5.69 Å². The summed E-state index contributed by atoms with van der Waals surface area (Å²) in [7, 11) is 17.2. The second-order valence-electron chi connectivity index (χ2n) is 10.4. The number of methoxy groups -OCH3 is 1. The summed E-state index contributed by atoms with van der Waals surface area (Å²) in [5, 5.41) is 11.7. The Balaban J connectivity index is -0.000000617. The molecule has 2 unspecified atom stereocenters. The number of esters is 1. The third-order valence-electron chi connectivity index (χ3n) is 6.02. The number of nitrogens with two attached hydrogens (primary N) is 4. The minimum Gasteiger partial charge on any atom is -0.493 e. The standard InChI is InChI=1S/C21H28B3N5O9.C8H20N2O3.3C2H6/c1-12(13-10-16(35-2)17(11-15(13)29(33)34)36-9-4-3-8-30)37-20(32)28-14(6-5-7-27-19(25)26)18(31)38-21(22,23)24;9-1-3-11-5-7-13-8-6-12-4-2-10;3*1-2/h8,10-12,14H,3-7,9H2,1-2H3,(H,28,32)(H4,25,26,27);1-10H2;3*1-2H3. The van der Waals surface area contributed by atoms with Gasteiger partial charge in [0, 0.05) is 26.1 Å². The Bertz CT molecular complexity index is 1200. The molecule has 1 aromatic rings. The summed E-state index contributed by atoms with van der Waals surface area (Å²) in [5.74, 6) is -1.01. The van der Waals surface area contributed by atoms with E-state index in [2.05, 4.69) is 10.3 Å². The molecule has 2 atom stereocenters. The molecule has 322 valence electrons. The molecule has 1 rings (SSSR count). The molecule has 0 saturated heterocycles. The highest BCUT2D eigenvalue weighted by atomic mass is 16.6. The molecule has 22 heteroatoms. The number of aldehydes is 1. The van der Waals surface area contributed by atoms with E-state index in [0.717, 1.165) is 12.4 Å². The van der Waals surface area contributed by atoms with Gasteiger partial charge in [-0.15, -0.1) is 0 Å². The molecule has 1 aromatic carbocycles. The van der Waals surface area contributed by atoms with Crippen LogP contribution in [-0.4, -0.2) is 137 Å². The van der Waals surface area contributed by atoms with Gasteiger partial charge in [-0.2, -0.15) is 0 Å². The summed E-state index contributed by atoms with van der Waals surface area (Å²) in [5.41, 5.74) is 20.5. The fourth-order valence-corrected chi connectivity index (χ4v) is 3.78. The van der Waals surface area contributed by atoms with E-state index in [1.165, 1.54) is 20.1 Å². The zero-order valence-electron chi connectivity index (χ0n) is 35.1. The van der Waals surface area contributed by atoms with Crippen molar-refractivity contribution in [1.82, 2.24) is 5.32 Å². The number of nitrogens with one attached hydrogen (secondary N) is 1. The molecule has 0 saturated carbocycles. The van der Waals surface area contributed by atoms with Crippen LogP contribution in [0.3, 0.4) is 0 Å². The van der Waals surface area contributed by atoms with E-state index < -0.39 is 40.1 Å². The normalized spacial score (nSPS) is 11.0. The van der Waals surface area contributed by atoms with Crippen LogP contribution >= 0.6 is 0 Å². The number of alkyl carbamates (subject to hydrolysis) is 1. The second-order valence-corrected chi connectivity index (χ2v) is 10.4. The molecule has 6 radical (unpaired) electrons. The third kappa shape index (κ3) is 33.7. The maximum absolute atomic E-state index is 12.6. The molecule has 9 N–H and O–H groups in total. The molecule has 0 heterocycles. The van der Waals surface area contributed by atoms with Crippen molar-refractivity contribution in [2.45, 2.75) is 91.6 Å². The number of rotatable bonds is 26. The summed E-state index contributed by atoms with van der Waals surface area (Å²) in [4.78, 5) is 50.3. The number of nitrogens with zero attached hydrogens (tertiary/aromatic N) is 2. The van der Waals surface area contributed by atoms with Gasteiger partial charge >= 0.3 is 12.1 Å². The molecule has 0 aliphatic carbocycles. The van der Waals surface area contributed by atoms with E-state index in [1.54, 1.807) is 0 Å². The number of aliphatic imine (C=N–C) groups is 1. The highest BCUT2D eigenvalue weighted by molar-refractivity contribution is 6.58. The largest absolute Gasteiger partial charge is 0.493 e. The third-order valence-corrected chi connectivity index (χ3v) is 6.02. The zero-order valence-corrected chi connectivity index (χ0v) is 35.1. The van der Waals surface area contributed by atoms with Crippen LogP contribution in [0.5, 0.6) is 11.5 Å². The number of hydrogen-bond donors (Lipinski definition) is 5. The Morgan fingerprint density at radius 2 is 1.42 bits per heavy atom. The molecule has 57 heavy (non-hydrogen) atoms. The number of nitro groups is 1. The van der Waals surface area contributed by atoms with Crippen molar-refractivity contribution in [3.05, 3.63) is 27.8 Å². The number of amides is 1. The second kappa shape index (κ2) is 40.1. The van der Waals surface area contributed by atoms with E-state index in [0.29, 0.717) is 59.2 Å². The Morgan fingerprint density at radius 3 is 1.86 bits per heavy atom. The quantitative estimate of drug-likeness (QED) is 0.0130. The van der Waals surface area contributed by atoms with Crippen molar-refractivity contribution in [2.24, 2.45) is 27.9 Å². The van der Waals surface area contributed by atoms with Crippen molar-refractivity contribution < 1.29 is 52.5 Å². The minimum absolute atomic E-state index is 0.0146. The number of carbonyl (C=O) groups excluding carboxylic acids is 3. The summed E-state index contributed by atoms with van der Waals surface area (Å²) in [6, 6.07) is 1.10. The lowest BCUT2D eigenvalue weighted by Crippen LogP contribution is -2.47. The van der Waals surface area contributed by atoms with Gasteiger partial charge < -0.3 is 66.2 Å². The van der Waals surface area contributed by atoms with Gasteiger partial charge in [-0.05, 0) is 37.6 Å². The molecule has 0 aromatic heterocycles. The molecule has 0 aliphatic heterocycles. The lowest BCUT2D eigenvalue weighted by Gasteiger charge is -2.26. The summed E-state index contributed by atoms with van der Waals surface area (Å²) < 4.78 is 36.1. The van der Waals surface area contributed by atoms with Gasteiger partial charge in [0.15, 0.2) is 17.5 Å². The number of nitro benzene ring substituents is 1. The zero-order chi connectivity index (χ0) is 44.7. The fraction of sp³-hybridized carbons (Fsp3) is 0.714. The van der Waals surface area contributed by atoms with Gasteiger partial charge in [0.2, 0.25) is 0 Å². The van der Waals surface area contributed by atoms with Crippen molar-refractivity contribution in [3.8, 4) is 11.5 Å². The molecule has 0 aliphatic rings. The van der Waals surface area contributed by atoms with Gasteiger partial charge in [-0.1, -0.05) is 41.5 Å². The number of hydrogen-bond acceptors (Lipinski definition) is 15. The highest BCUT2D eigenvalue weighted by Crippen LogP contribution is 2.38. The van der Waals surface area contributed by atoms with Gasteiger partial charge in [-0.25, -0.2) is 9.59 Å². The number of benzene rings is 1. The molecule has 19 nitrogen and oxygen atoms in total. The predicted molar refractivity (Wildman–Crippen MR) is 223 cm³/mol. The lowest BCUT2D eigenvalue weighted by molar-refractivity contribution is -0.386. The molecule has 0 fully saturated rings. The Morgan fingerprint density at radius 1 is 0.895 bits per heavy atom. The maximum atomic E-state index is 12.6. The van der Waals surface area contributed by atoms with Crippen LogP contribution < -0.4 is 37.7 Å². The first-order valence-electron chi connectivity index (χ1n) is 18.9. The summed E-state index contributed by atoms with van der Waals surface area (Å²) in [6.07, 6.45) is -0.686. The average Bonchev–Trinajstić information content (AvgIpc) is 3.18. The summed E-state index contributed by atoms with van der Waals surface area (Å²) in [6.45, 7) is 18.3. The van der Waals surface area contributed by atoms with Crippen LogP contribution in [0.2, 0.25) is 0 Å². The molecular weight excluding hydrogens is 743 g/mol. The number of unbranched alkanes of at least 4 members (excludes halogenated alkanes) is 1. The fourth-order valence-electron chi connectivity index (χ4n) is 3.78. The van der Waals surface area contributed by atoms with Crippen LogP contribution in [0.4, 0.5) is 10.5 Å².